The number of nitrogens with two attached hydrogens (primary N) is 1. The van der Waals surface area contributed by atoms with E-state index in [1.165, 1.54) is 6.42 Å². The van der Waals surface area contributed by atoms with Crippen LogP contribution in [0.2, 0.25) is 0 Å². The molecule has 2 aromatic rings. The third-order valence-electron chi connectivity index (χ3n) is 3.90. The Morgan fingerprint density at radius 2 is 2.29 bits per heavy atom. The molecular formula is C15H19N5O. The van der Waals surface area contributed by atoms with E-state index in [0.717, 1.165) is 30.8 Å². The van der Waals surface area contributed by atoms with E-state index < -0.39 is 0 Å². The number of nitrogens with zero attached hydrogens (tertiary/aromatic N) is 4. The Morgan fingerprint density at radius 1 is 1.38 bits per heavy atom. The lowest BCUT2D eigenvalue weighted by Crippen LogP contribution is -2.39. The summed E-state index contributed by atoms with van der Waals surface area (Å²) in [5, 5.41) is 0. The number of imidazole rings is 1. The number of hydrogen-bond donors (Lipinski definition) is 1. The summed E-state index contributed by atoms with van der Waals surface area (Å²) in [6, 6.07) is 4.29. The minimum atomic E-state index is -0.273. The molecule has 1 aliphatic rings. The third-order valence-corrected chi connectivity index (χ3v) is 3.90. The van der Waals surface area contributed by atoms with Gasteiger partial charge in [0.15, 0.2) is 0 Å². The molecular weight excluding hydrogens is 266 g/mol. The highest BCUT2D eigenvalue weighted by Gasteiger charge is 2.25. The third kappa shape index (κ3) is 3.11. The molecule has 6 nitrogen and oxygen atoms in total. The predicted molar refractivity (Wildman–Crippen MR) is 78.7 cm³/mol. The van der Waals surface area contributed by atoms with Crippen LogP contribution in [0.1, 0.15) is 30.9 Å². The maximum atomic E-state index is 11.2. The van der Waals surface area contributed by atoms with E-state index in [9.17, 15) is 4.79 Å². The molecule has 1 saturated heterocycles. The van der Waals surface area contributed by atoms with Gasteiger partial charge in [0.25, 0.3) is 0 Å². The Kier molecular flexibility index (Phi) is 3.96. The first-order valence-corrected chi connectivity index (χ1v) is 7.20. The van der Waals surface area contributed by atoms with Gasteiger partial charge in [-0.05, 0) is 31.0 Å². The Hall–Kier alpha value is -2.21. The van der Waals surface area contributed by atoms with Crippen LogP contribution in [0.15, 0.2) is 37.1 Å². The highest BCUT2D eigenvalue weighted by molar-refractivity contribution is 5.76. The molecule has 2 aromatic heterocycles. The summed E-state index contributed by atoms with van der Waals surface area (Å²) in [5.74, 6) is 0.568. The van der Waals surface area contributed by atoms with Crippen molar-refractivity contribution in [1.82, 2.24) is 19.4 Å². The monoisotopic (exact) mass is 285 g/mol. The van der Waals surface area contributed by atoms with Crippen LogP contribution < -0.4 is 5.73 Å². The van der Waals surface area contributed by atoms with Gasteiger partial charge < -0.3 is 5.73 Å². The summed E-state index contributed by atoms with van der Waals surface area (Å²) in [6.07, 6.45) is 10.5. The molecule has 0 bridgehead atoms. The van der Waals surface area contributed by atoms with Crippen molar-refractivity contribution in [2.24, 2.45) is 5.73 Å². The zero-order valence-corrected chi connectivity index (χ0v) is 11.9. The van der Waals surface area contributed by atoms with Gasteiger partial charge in [-0.3, -0.25) is 14.3 Å². The van der Waals surface area contributed by atoms with Crippen LogP contribution in [-0.4, -0.2) is 38.4 Å². The summed E-state index contributed by atoms with van der Waals surface area (Å²) in [6.45, 7) is 1.23. The first kappa shape index (κ1) is 13.8. The molecule has 0 radical (unpaired) electrons. The average Bonchev–Trinajstić information content (AvgIpc) is 3.02. The molecule has 6 heteroatoms. The summed E-state index contributed by atoms with van der Waals surface area (Å²) < 4.78 is 1.87. The van der Waals surface area contributed by atoms with Crippen LogP contribution in [0.5, 0.6) is 0 Å². The van der Waals surface area contributed by atoms with E-state index in [1.807, 2.05) is 23.0 Å². The van der Waals surface area contributed by atoms with Crippen LogP contribution in [0.3, 0.4) is 0 Å². The topological polar surface area (TPSA) is 77.0 Å². The van der Waals surface area contributed by atoms with E-state index in [-0.39, 0.29) is 11.9 Å². The highest BCUT2D eigenvalue weighted by Crippen LogP contribution is 2.30. The fraction of sp³-hybridized carbons (Fsp3) is 0.400. The van der Waals surface area contributed by atoms with Gasteiger partial charge in [-0.2, -0.15) is 0 Å². The zero-order chi connectivity index (χ0) is 14.7. The predicted octanol–water partition coefficient (Wildman–Crippen LogP) is 1.28. The zero-order valence-electron chi connectivity index (χ0n) is 11.9. The second-order valence-electron chi connectivity index (χ2n) is 5.37. The average molecular weight is 285 g/mol. The fourth-order valence-corrected chi connectivity index (χ4v) is 2.90. The van der Waals surface area contributed by atoms with E-state index in [2.05, 4.69) is 20.9 Å². The van der Waals surface area contributed by atoms with E-state index in [0.29, 0.717) is 6.54 Å². The minimum Gasteiger partial charge on any atom is -0.369 e. The molecule has 1 amide bonds. The molecule has 3 heterocycles. The molecule has 0 aromatic carbocycles. The number of rotatable bonds is 4. The van der Waals surface area contributed by atoms with Gasteiger partial charge in [0.2, 0.25) is 5.91 Å². The lowest BCUT2D eigenvalue weighted by Gasteiger charge is -2.34. The molecule has 3 rings (SSSR count). The van der Waals surface area contributed by atoms with Crippen molar-refractivity contribution in [1.29, 1.82) is 0 Å². The first-order chi connectivity index (χ1) is 10.2. The normalized spacial score (nSPS) is 19.5. The van der Waals surface area contributed by atoms with Gasteiger partial charge in [-0.1, -0.05) is 12.5 Å². The number of amides is 1. The van der Waals surface area contributed by atoms with Gasteiger partial charge in [-0.15, -0.1) is 0 Å². The summed E-state index contributed by atoms with van der Waals surface area (Å²) in [4.78, 5) is 21.9. The lowest BCUT2D eigenvalue weighted by atomic mass is 9.96. The number of hydrogen-bond acceptors (Lipinski definition) is 4. The van der Waals surface area contributed by atoms with Crippen molar-refractivity contribution in [3.63, 3.8) is 0 Å². The molecule has 0 unspecified atom stereocenters. The molecule has 1 atom stereocenters. The van der Waals surface area contributed by atoms with Crippen LogP contribution in [0.4, 0.5) is 0 Å². The van der Waals surface area contributed by atoms with Crippen molar-refractivity contribution in [3.8, 4) is 5.82 Å². The quantitative estimate of drug-likeness (QED) is 0.918. The lowest BCUT2D eigenvalue weighted by molar-refractivity contribution is -0.120. The molecule has 2 N–H and O–H groups in total. The number of carbonyl (C=O) groups is 1. The fourth-order valence-electron chi connectivity index (χ4n) is 2.90. The molecule has 0 saturated carbocycles. The van der Waals surface area contributed by atoms with Crippen molar-refractivity contribution < 1.29 is 4.79 Å². The molecule has 1 fully saturated rings. The van der Waals surface area contributed by atoms with Gasteiger partial charge >= 0.3 is 0 Å². The van der Waals surface area contributed by atoms with E-state index in [4.69, 9.17) is 5.73 Å². The standard InChI is InChI=1S/C15H19N5O/c16-14(21)10-19-7-2-1-3-13(19)12-4-5-15(18-9-12)20-8-6-17-11-20/h4-6,8-9,11,13H,1-3,7,10H2,(H2,16,21)/t13-/m0/s1. The Morgan fingerprint density at radius 3 is 2.95 bits per heavy atom. The Bertz CT molecular complexity index is 593. The Balaban J connectivity index is 1.79. The Labute approximate surface area is 123 Å². The maximum Gasteiger partial charge on any atom is 0.231 e. The van der Waals surface area contributed by atoms with Crippen LogP contribution in [-0.2, 0) is 4.79 Å². The summed E-state index contributed by atoms with van der Waals surface area (Å²) in [7, 11) is 0. The molecule has 1 aliphatic heterocycles. The van der Waals surface area contributed by atoms with Crippen LogP contribution in [0, 0.1) is 0 Å². The molecule has 110 valence electrons. The van der Waals surface area contributed by atoms with Gasteiger partial charge in [0.05, 0.1) is 6.54 Å². The van der Waals surface area contributed by atoms with Gasteiger partial charge in [0.1, 0.15) is 12.1 Å². The number of carbonyl (C=O) groups excluding carboxylic acids is 1. The molecule has 0 aliphatic carbocycles. The van der Waals surface area contributed by atoms with E-state index >= 15 is 0 Å². The minimum absolute atomic E-state index is 0.232. The van der Waals surface area contributed by atoms with Gasteiger partial charge in [-0.25, -0.2) is 9.97 Å². The van der Waals surface area contributed by atoms with Gasteiger partial charge in [0, 0.05) is 24.6 Å². The van der Waals surface area contributed by atoms with Crippen molar-refractivity contribution >= 4 is 5.91 Å². The second kappa shape index (κ2) is 6.05. The SMILES string of the molecule is NC(=O)CN1CCCC[C@H]1c1ccc(-n2ccnc2)nc1. The van der Waals surface area contributed by atoms with Crippen LogP contribution >= 0.6 is 0 Å². The van der Waals surface area contributed by atoms with E-state index in [1.54, 1.807) is 12.5 Å². The van der Waals surface area contributed by atoms with Crippen molar-refractivity contribution in [2.45, 2.75) is 25.3 Å². The molecule has 0 spiro atoms. The number of primary amides is 1. The van der Waals surface area contributed by atoms with Crippen molar-refractivity contribution in [2.75, 3.05) is 13.1 Å². The number of likely N-dealkylation sites (tertiary alicyclic amines) is 1. The first-order valence-electron chi connectivity index (χ1n) is 7.20. The number of pyridine rings is 1. The highest BCUT2D eigenvalue weighted by atomic mass is 16.1. The summed E-state index contributed by atoms with van der Waals surface area (Å²) >= 11 is 0. The maximum absolute atomic E-state index is 11.2. The summed E-state index contributed by atoms with van der Waals surface area (Å²) in [5.41, 5.74) is 6.48. The van der Waals surface area contributed by atoms with Crippen molar-refractivity contribution in [3.05, 3.63) is 42.6 Å². The second-order valence-corrected chi connectivity index (χ2v) is 5.37. The van der Waals surface area contributed by atoms with Crippen LogP contribution in [0.25, 0.3) is 5.82 Å². The number of aromatic nitrogens is 3. The number of piperidine rings is 1. The molecule has 21 heavy (non-hydrogen) atoms. The largest absolute Gasteiger partial charge is 0.369 e. The smallest absolute Gasteiger partial charge is 0.231 e.